The molecule has 1 aliphatic rings. The second-order valence-corrected chi connectivity index (χ2v) is 4.36. The summed E-state index contributed by atoms with van der Waals surface area (Å²) in [6.45, 7) is 1.38. The fourth-order valence-electron chi connectivity index (χ4n) is 2.01. The van der Waals surface area contributed by atoms with E-state index in [9.17, 15) is 4.79 Å². The highest BCUT2D eigenvalue weighted by molar-refractivity contribution is 5.89. The van der Waals surface area contributed by atoms with Crippen molar-refractivity contribution in [3.8, 4) is 0 Å². The van der Waals surface area contributed by atoms with E-state index in [0.717, 1.165) is 18.6 Å². The van der Waals surface area contributed by atoms with E-state index in [-0.39, 0.29) is 12.0 Å². The van der Waals surface area contributed by atoms with E-state index in [2.05, 4.69) is 22.4 Å². The molecule has 1 aromatic rings. The molecule has 1 heterocycles. The summed E-state index contributed by atoms with van der Waals surface area (Å²) in [5.74, 6) is -0.183. The molecule has 0 unspecified atom stereocenters. The van der Waals surface area contributed by atoms with Crippen molar-refractivity contribution in [1.29, 1.82) is 0 Å². The number of nitrogens with one attached hydrogen (secondary N) is 1. The molecule has 1 aromatic carbocycles. The summed E-state index contributed by atoms with van der Waals surface area (Å²) in [4.78, 5) is 15.9. The summed E-state index contributed by atoms with van der Waals surface area (Å²) in [7, 11) is 1.42. The normalized spacial score (nSPS) is 21.8. The van der Waals surface area contributed by atoms with Crippen LogP contribution in [0.3, 0.4) is 0 Å². The average Bonchev–Trinajstić information content (AvgIpc) is 2.46. The lowest BCUT2D eigenvalue weighted by Gasteiger charge is -2.22. The number of piperidine rings is 1. The van der Waals surface area contributed by atoms with Gasteiger partial charge in [-0.1, -0.05) is 30.3 Å². The van der Waals surface area contributed by atoms with Gasteiger partial charge in [-0.15, -0.1) is 0 Å². The molecule has 1 aliphatic heterocycles. The van der Waals surface area contributed by atoms with Crippen LogP contribution in [-0.2, 0) is 16.1 Å². The van der Waals surface area contributed by atoms with Crippen molar-refractivity contribution in [3.05, 3.63) is 35.9 Å². The maximum atomic E-state index is 11.3. The highest BCUT2D eigenvalue weighted by Crippen LogP contribution is 2.09. The van der Waals surface area contributed by atoms with Crippen LogP contribution < -0.4 is 5.32 Å². The monoisotopic (exact) mass is 246 g/mol. The number of nitrogens with zero attached hydrogens (tertiary/aromatic N) is 1. The van der Waals surface area contributed by atoms with E-state index in [0.29, 0.717) is 13.1 Å². The fourth-order valence-corrected chi connectivity index (χ4v) is 2.01. The maximum Gasteiger partial charge on any atom is 0.322 e. The quantitative estimate of drug-likeness (QED) is 0.823. The molecule has 4 nitrogen and oxygen atoms in total. The Kier molecular flexibility index (Phi) is 4.47. The first-order chi connectivity index (χ1) is 8.79. The minimum Gasteiger partial charge on any atom is -0.468 e. The highest BCUT2D eigenvalue weighted by Gasteiger charge is 2.23. The van der Waals surface area contributed by atoms with E-state index in [1.165, 1.54) is 12.7 Å². The third kappa shape index (κ3) is 3.40. The van der Waals surface area contributed by atoms with Crippen LogP contribution in [0.5, 0.6) is 0 Å². The largest absolute Gasteiger partial charge is 0.468 e. The van der Waals surface area contributed by atoms with Gasteiger partial charge in [-0.05, 0) is 18.4 Å². The molecule has 0 saturated carbocycles. The fraction of sp³-hybridized carbons (Fsp3) is 0.429. The van der Waals surface area contributed by atoms with Gasteiger partial charge in [-0.2, -0.15) is 0 Å². The lowest BCUT2D eigenvalue weighted by Crippen LogP contribution is -2.44. The number of carbonyl (C=O) groups is 1. The van der Waals surface area contributed by atoms with Gasteiger partial charge >= 0.3 is 5.97 Å². The Morgan fingerprint density at radius 3 is 2.83 bits per heavy atom. The number of carbonyl (C=O) groups excluding carboxylic acids is 1. The van der Waals surface area contributed by atoms with Gasteiger partial charge in [0, 0.05) is 12.3 Å². The van der Waals surface area contributed by atoms with Crippen molar-refractivity contribution in [2.24, 2.45) is 4.99 Å². The first-order valence-electron chi connectivity index (χ1n) is 6.17. The third-order valence-corrected chi connectivity index (χ3v) is 3.09. The second-order valence-electron chi connectivity index (χ2n) is 4.36. The van der Waals surface area contributed by atoms with E-state index in [1.807, 2.05) is 18.2 Å². The molecule has 0 bridgehead atoms. The number of benzene rings is 1. The van der Waals surface area contributed by atoms with Gasteiger partial charge in [0.25, 0.3) is 0 Å². The van der Waals surface area contributed by atoms with E-state index in [4.69, 9.17) is 4.74 Å². The third-order valence-electron chi connectivity index (χ3n) is 3.09. The number of hydrogen-bond acceptors (Lipinski definition) is 4. The van der Waals surface area contributed by atoms with Crippen molar-refractivity contribution < 1.29 is 9.53 Å². The number of methoxy groups -OCH3 is 1. The van der Waals surface area contributed by atoms with Crippen LogP contribution in [0.1, 0.15) is 18.4 Å². The Labute approximate surface area is 107 Å². The van der Waals surface area contributed by atoms with Crippen LogP contribution in [0.4, 0.5) is 0 Å². The molecular weight excluding hydrogens is 228 g/mol. The summed E-state index contributed by atoms with van der Waals surface area (Å²) in [6.07, 6.45) is 1.62. The predicted molar refractivity (Wildman–Crippen MR) is 70.6 cm³/mol. The van der Waals surface area contributed by atoms with Crippen LogP contribution in [0.25, 0.3) is 0 Å². The standard InChI is InChI=1S/C14H18N2O2/c1-18-14(17)13-8-7-12(10-16-13)15-9-11-5-3-2-4-6-11/h2-6,13,16H,7-10H2,1H3/t13-/m0/s1. The molecule has 2 rings (SSSR count). The highest BCUT2D eigenvalue weighted by atomic mass is 16.5. The molecule has 1 fully saturated rings. The SMILES string of the molecule is COC(=O)[C@@H]1CCC(=NCc2ccccc2)CN1. The summed E-state index contributed by atoms with van der Waals surface area (Å²) < 4.78 is 4.71. The molecule has 1 saturated heterocycles. The molecule has 1 atom stereocenters. The minimum absolute atomic E-state index is 0.175. The van der Waals surface area contributed by atoms with Gasteiger partial charge in [0.2, 0.25) is 0 Å². The van der Waals surface area contributed by atoms with Gasteiger partial charge in [-0.3, -0.25) is 15.1 Å². The number of rotatable bonds is 3. The summed E-state index contributed by atoms with van der Waals surface area (Å²) >= 11 is 0. The first-order valence-corrected chi connectivity index (χ1v) is 6.17. The predicted octanol–water partition coefficient (Wildman–Crippen LogP) is 1.55. The Bertz CT molecular complexity index is 419. The van der Waals surface area contributed by atoms with Crippen LogP contribution >= 0.6 is 0 Å². The van der Waals surface area contributed by atoms with Crippen molar-refractivity contribution in [2.75, 3.05) is 13.7 Å². The zero-order valence-corrected chi connectivity index (χ0v) is 10.6. The number of hydrogen-bond donors (Lipinski definition) is 1. The first kappa shape index (κ1) is 12.8. The molecule has 0 radical (unpaired) electrons. The molecule has 18 heavy (non-hydrogen) atoms. The van der Waals surface area contributed by atoms with Crippen LogP contribution in [0, 0.1) is 0 Å². The molecular formula is C14H18N2O2. The van der Waals surface area contributed by atoms with Gasteiger partial charge in [-0.25, -0.2) is 0 Å². The molecule has 96 valence electrons. The van der Waals surface area contributed by atoms with E-state index < -0.39 is 0 Å². The molecule has 0 aliphatic carbocycles. The van der Waals surface area contributed by atoms with Crippen LogP contribution in [0.2, 0.25) is 0 Å². The van der Waals surface area contributed by atoms with Crippen molar-refractivity contribution in [1.82, 2.24) is 5.32 Å². The van der Waals surface area contributed by atoms with Crippen LogP contribution in [0.15, 0.2) is 35.3 Å². The van der Waals surface area contributed by atoms with Crippen molar-refractivity contribution >= 4 is 11.7 Å². The van der Waals surface area contributed by atoms with Crippen LogP contribution in [-0.4, -0.2) is 31.4 Å². The van der Waals surface area contributed by atoms with Crippen molar-refractivity contribution in [2.45, 2.75) is 25.4 Å². The zero-order valence-electron chi connectivity index (χ0n) is 10.6. The maximum absolute atomic E-state index is 11.3. The summed E-state index contributed by atoms with van der Waals surface area (Å²) in [6, 6.07) is 9.99. The minimum atomic E-state index is -0.183. The van der Waals surface area contributed by atoms with Crippen molar-refractivity contribution in [3.63, 3.8) is 0 Å². The number of aliphatic imine (C=N–C) groups is 1. The molecule has 4 heteroatoms. The van der Waals surface area contributed by atoms with E-state index >= 15 is 0 Å². The number of esters is 1. The molecule has 1 N–H and O–H groups in total. The number of ether oxygens (including phenoxy) is 1. The Morgan fingerprint density at radius 2 is 2.22 bits per heavy atom. The molecule has 0 spiro atoms. The van der Waals surface area contributed by atoms with Gasteiger partial charge in [0.1, 0.15) is 6.04 Å². The Morgan fingerprint density at radius 1 is 1.44 bits per heavy atom. The lowest BCUT2D eigenvalue weighted by molar-refractivity contribution is -0.143. The van der Waals surface area contributed by atoms with E-state index in [1.54, 1.807) is 0 Å². The molecule has 0 aromatic heterocycles. The van der Waals surface area contributed by atoms with Gasteiger partial charge in [0.05, 0.1) is 13.7 Å². The summed E-state index contributed by atoms with van der Waals surface area (Å²) in [5, 5.41) is 3.15. The smallest absolute Gasteiger partial charge is 0.322 e. The summed E-state index contributed by atoms with van der Waals surface area (Å²) in [5.41, 5.74) is 2.33. The topological polar surface area (TPSA) is 50.7 Å². The Balaban J connectivity index is 1.84. The van der Waals surface area contributed by atoms with Gasteiger partial charge < -0.3 is 4.74 Å². The lowest BCUT2D eigenvalue weighted by atomic mass is 10.0. The van der Waals surface area contributed by atoms with Gasteiger partial charge in [0.15, 0.2) is 0 Å². The zero-order chi connectivity index (χ0) is 12.8. The second kappa shape index (κ2) is 6.31. The average molecular weight is 246 g/mol. The Hall–Kier alpha value is -1.68. The molecule has 0 amide bonds.